The van der Waals surface area contributed by atoms with Crippen molar-refractivity contribution in [2.75, 3.05) is 25.9 Å². The SMILES string of the molecule is CSc1ccccc1C(=O)NCC1CCN(Cc2ccco2)CC1. The van der Waals surface area contributed by atoms with E-state index in [-0.39, 0.29) is 5.91 Å². The van der Waals surface area contributed by atoms with E-state index >= 15 is 0 Å². The summed E-state index contributed by atoms with van der Waals surface area (Å²) >= 11 is 1.61. The van der Waals surface area contributed by atoms with Crippen LogP contribution in [0.1, 0.15) is 29.0 Å². The quantitative estimate of drug-likeness (QED) is 0.813. The van der Waals surface area contributed by atoms with Gasteiger partial charge in [0, 0.05) is 11.4 Å². The molecular formula is C19H24N2O2S. The minimum absolute atomic E-state index is 0.0398. The largest absolute Gasteiger partial charge is 0.468 e. The van der Waals surface area contributed by atoms with Crippen LogP contribution >= 0.6 is 11.8 Å². The Morgan fingerprint density at radius 2 is 2.04 bits per heavy atom. The van der Waals surface area contributed by atoms with Crippen LogP contribution in [0.3, 0.4) is 0 Å². The van der Waals surface area contributed by atoms with E-state index < -0.39 is 0 Å². The van der Waals surface area contributed by atoms with Gasteiger partial charge in [-0.15, -0.1) is 11.8 Å². The van der Waals surface area contributed by atoms with Crippen molar-refractivity contribution in [3.05, 3.63) is 54.0 Å². The molecule has 0 aliphatic carbocycles. The average molecular weight is 344 g/mol. The number of piperidine rings is 1. The number of amides is 1. The molecule has 1 aliphatic heterocycles. The van der Waals surface area contributed by atoms with Crippen molar-refractivity contribution in [1.29, 1.82) is 0 Å². The molecule has 1 aromatic carbocycles. The van der Waals surface area contributed by atoms with Gasteiger partial charge in [0.05, 0.1) is 18.4 Å². The summed E-state index contributed by atoms with van der Waals surface area (Å²) in [5.41, 5.74) is 0.778. The Balaban J connectivity index is 1.44. The molecule has 0 radical (unpaired) electrons. The van der Waals surface area contributed by atoms with Gasteiger partial charge < -0.3 is 9.73 Å². The average Bonchev–Trinajstić information content (AvgIpc) is 3.14. The molecule has 5 heteroatoms. The van der Waals surface area contributed by atoms with Gasteiger partial charge in [0.2, 0.25) is 0 Å². The standard InChI is InChI=1S/C19H24N2O2S/c1-24-18-7-3-2-6-17(18)19(22)20-13-15-8-10-21(11-9-15)14-16-5-4-12-23-16/h2-7,12,15H,8-11,13-14H2,1H3,(H,20,22). The summed E-state index contributed by atoms with van der Waals surface area (Å²) in [4.78, 5) is 15.8. The van der Waals surface area contributed by atoms with Gasteiger partial charge in [-0.3, -0.25) is 9.69 Å². The van der Waals surface area contributed by atoms with Gasteiger partial charge in [-0.2, -0.15) is 0 Å². The number of thioether (sulfide) groups is 1. The number of furan rings is 1. The Morgan fingerprint density at radius 3 is 2.75 bits per heavy atom. The topological polar surface area (TPSA) is 45.5 Å². The Labute approximate surface area is 147 Å². The first-order valence-electron chi connectivity index (χ1n) is 8.42. The number of likely N-dealkylation sites (tertiary alicyclic amines) is 1. The monoisotopic (exact) mass is 344 g/mol. The van der Waals surface area contributed by atoms with Crippen molar-refractivity contribution in [1.82, 2.24) is 10.2 Å². The number of rotatable bonds is 6. The molecule has 0 unspecified atom stereocenters. The van der Waals surface area contributed by atoms with E-state index in [2.05, 4.69) is 10.2 Å². The Bertz CT molecular complexity index is 649. The molecule has 128 valence electrons. The number of benzene rings is 1. The van der Waals surface area contributed by atoms with Crippen LogP contribution in [0.5, 0.6) is 0 Å². The van der Waals surface area contributed by atoms with Crippen LogP contribution < -0.4 is 5.32 Å². The number of carbonyl (C=O) groups excluding carboxylic acids is 1. The smallest absolute Gasteiger partial charge is 0.252 e. The van der Waals surface area contributed by atoms with Gasteiger partial charge in [0.15, 0.2) is 0 Å². The molecule has 1 saturated heterocycles. The zero-order valence-electron chi connectivity index (χ0n) is 14.0. The van der Waals surface area contributed by atoms with Crippen molar-refractivity contribution < 1.29 is 9.21 Å². The Kier molecular flexibility index (Phi) is 5.99. The summed E-state index contributed by atoms with van der Waals surface area (Å²) < 4.78 is 5.41. The maximum Gasteiger partial charge on any atom is 0.252 e. The fraction of sp³-hybridized carbons (Fsp3) is 0.421. The molecule has 2 aromatic rings. The van der Waals surface area contributed by atoms with E-state index in [0.29, 0.717) is 5.92 Å². The molecule has 3 rings (SSSR count). The summed E-state index contributed by atoms with van der Waals surface area (Å²) in [6.07, 6.45) is 5.96. The van der Waals surface area contributed by atoms with Gasteiger partial charge in [0.25, 0.3) is 5.91 Å². The van der Waals surface area contributed by atoms with Crippen LogP contribution in [-0.4, -0.2) is 36.7 Å². The maximum atomic E-state index is 12.4. The first-order chi connectivity index (χ1) is 11.8. The van der Waals surface area contributed by atoms with E-state index in [1.165, 1.54) is 0 Å². The fourth-order valence-electron chi connectivity index (χ4n) is 3.14. The highest BCUT2D eigenvalue weighted by Gasteiger charge is 2.21. The van der Waals surface area contributed by atoms with Crippen molar-refractivity contribution in [2.24, 2.45) is 5.92 Å². The van der Waals surface area contributed by atoms with Gasteiger partial charge >= 0.3 is 0 Å². The van der Waals surface area contributed by atoms with Crippen LogP contribution in [0.2, 0.25) is 0 Å². The van der Waals surface area contributed by atoms with Gasteiger partial charge in [-0.1, -0.05) is 12.1 Å². The molecule has 0 saturated carbocycles. The summed E-state index contributed by atoms with van der Waals surface area (Å²) in [6.45, 7) is 3.76. The van der Waals surface area contributed by atoms with Crippen LogP contribution in [0, 0.1) is 5.92 Å². The number of nitrogens with zero attached hydrogens (tertiary/aromatic N) is 1. The molecule has 4 nitrogen and oxygen atoms in total. The number of nitrogens with one attached hydrogen (secondary N) is 1. The van der Waals surface area contributed by atoms with Gasteiger partial charge in [0.1, 0.15) is 5.76 Å². The molecule has 1 aromatic heterocycles. The minimum atomic E-state index is 0.0398. The predicted octanol–water partition coefficient (Wildman–Crippen LogP) is 3.64. The second kappa shape index (κ2) is 8.40. The summed E-state index contributed by atoms with van der Waals surface area (Å²) in [7, 11) is 0. The second-order valence-corrected chi connectivity index (χ2v) is 7.06. The molecule has 0 spiro atoms. The number of hydrogen-bond donors (Lipinski definition) is 1. The number of hydrogen-bond acceptors (Lipinski definition) is 4. The van der Waals surface area contributed by atoms with E-state index in [0.717, 1.165) is 55.2 Å². The first kappa shape index (κ1) is 17.1. The first-order valence-corrected chi connectivity index (χ1v) is 9.64. The van der Waals surface area contributed by atoms with Crippen LogP contribution in [0.25, 0.3) is 0 Å². The van der Waals surface area contributed by atoms with Crippen LogP contribution in [-0.2, 0) is 6.54 Å². The van der Waals surface area contributed by atoms with Crippen LogP contribution in [0.15, 0.2) is 52.0 Å². The third-order valence-electron chi connectivity index (χ3n) is 4.57. The lowest BCUT2D eigenvalue weighted by molar-refractivity contribution is 0.0931. The van der Waals surface area contributed by atoms with Crippen molar-refractivity contribution in [3.8, 4) is 0 Å². The lowest BCUT2D eigenvalue weighted by atomic mass is 9.96. The lowest BCUT2D eigenvalue weighted by Crippen LogP contribution is -2.38. The summed E-state index contributed by atoms with van der Waals surface area (Å²) in [5, 5.41) is 3.11. The Morgan fingerprint density at radius 1 is 1.25 bits per heavy atom. The van der Waals surface area contributed by atoms with Gasteiger partial charge in [-0.25, -0.2) is 0 Å². The molecule has 24 heavy (non-hydrogen) atoms. The highest BCUT2D eigenvalue weighted by atomic mass is 32.2. The fourth-order valence-corrected chi connectivity index (χ4v) is 3.73. The maximum absolute atomic E-state index is 12.4. The third-order valence-corrected chi connectivity index (χ3v) is 5.37. The highest BCUT2D eigenvalue weighted by molar-refractivity contribution is 7.98. The van der Waals surface area contributed by atoms with Crippen molar-refractivity contribution in [3.63, 3.8) is 0 Å². The van der Waals surface area contributed by atoms with E-state index in [1.54, 1.807) is 18.0 Å². The molecule has 1 amide bonds. The third kappa shape index (κ3) is 4.42. The normalized spacial score (nSPS) is 16.2. The summed E-state index contributed by atoms with van der Waals surface area (Å²) in [6, 6.07) is 11.7. The molecule has 0 bridgehead atoms. The number of carbonyl (C=O) groups is 1. The minimum Gasteiger partial charge on any atom is -0.468 e. The highest BCUT2D eigenvalue weighted by Crippen LogP contribution is 2.21. The molecular weight excluding hydrogens is 320 g/mol. The van der Waals surface area contributed by atoms with Gasteiger partial charge in [-0.05, 0) is 62.4 Å². The van der Waals surface area contributed by atoms with E-state index in [1.807, 2.05) is 42.7 Å². The molecule has 1 N–H and O–H groups in total. The van der Waals surface area contributed by atoms with E-state index in [4.69, 9.17) is 4.42 Å². The van der Waals surface area contributed by atoms with Crippen molar-refractivity contribution >= 4 is 17.7 Å². The molecule has 0 atom stereocenters. The molecule has 1 fully saturated rings. The second-order valence-electron chi connectivity index (χ2n) is 6.21. The summed E-state index contributed by atoms with van der Waals surface area (Å²) in [5.74, 6) is 1.62. The zero-order chi connectivity index (χ0) is 16.8. The zero-order valence-corrected chi connectivity index (χ0v) is 14.8. The Hall–Kier alpha value is -1.72. The molecule has 1 aliphatic rings. The van der Waals surface area contributed by atoms with Crippen LogP contribution in [0.4, 0.5) is 0 Å². The van der Waals surface area contributed by atoms with E-state index in [9.17, 15) is 4.79 Å². The lowest BCUT2D eigenvalue weighted by Gasteiger charge is -2.31. The van der Waals surface area contributed by atoms with Crippen molar-refractivity contribution in [2.45, 2.75) is 24.3 Å². The predicted molar refractivity (Wildman–Crippen MR) is 97.3 cm³/mol. The molecule has 2 heterocycles.